The van der Waals surface area contributed by atoms with Crippen LogP contribution in [0, 0.1) is 6.92 Å². The summed E-state index contributed by atoms with van der Waals surface area (Å²) in [6, 6.07) is 9.90. The Hall–Kier alpha value is -3.22. The molecule has 3 aromatic heterocycles. The number of hydrogen-bond acceptors (Lipinski definition) is 4. The molecule has 5 rings (SSSR count). The molecule has 4 heterocycles. The molecule has 0 bridgehead atoms. The molecule has 0 unspecified atom stereocenters. The highest BCUT2D eigenvalue weighted by Gasteiger charge is 2.21. The summed E-state index contributed by atoms with van der Waals surface area (Å²) in [6.45, 7) is 6.12. The Bertz CT molecular complexity index is 1250. The van der Waals surface area contributed by atoms with E-state index in [1.165, 1.54) is 6.42 Å². The Morgan fingerprint density at radius 3 is 2.87 bits per heavy atom. The number of aryl methyl sites for hydroxylation is 4. The number of amides is 1. The van der Waals surface area contributed by atoms with Crippen LogP contribution in [-0.2, 0) is 26.1 Å². The van der Waals surface area contributed by atoms with Gasteiger partial charge in [0, 0.05) is 25.2 Å². The van der Waals surface area contributed by atoms with E-state index < -0.39 is 0 Å². The zero-order valence-corrected chi connectivity index (χ0v) is 17.5. The summed E-state index contributed by atoms with van der Waals surface area (Å²) in [6.07, 6.45) is 4.42. The quantitative estimate of drug-likeness (QED) is 0.564. The van der Waals surface area contributed by atoms with Gasteiger partial charge in [0.05, 0.1) is 23.1 Å². The van der Waals surface area contributed by atoms with Crippen molar-refractivity contribution >= 4 is 28.1 Å². The van der Waals surface area contributed by atoms with Gasteiger partial charge < -0.3 is 14.5 Å². The number of fused-ring (bicyclic) bond motifs is 4. The maximum Gasteiger partial charge on any atom is 0.254 e. The summed E-state index contributed by atoms with van der Waals surface area (Å²) >= 11 is 0. The van der Waals surface area contributed by atoms with E-state index in [0.717, 1.165) is 66.4 Å². The van der Waals surface area contributed by atoms with Crippen LogP contribution in [0.1, 0.15) is 53.9 Å². The normalized spacial score (nSPS) is 14.1. The molecule has 0 atom stereocenters. The third kappa shape index (κ3) is 3.14. The molecule has 1 aromatic carbocycles. The first kappa shape index (κ1) is 18.8. The van der Waals surface area contributed by atoms with E-state index in [9.17, 15) is 4.79 Å². The predicted octanol–water partition coefficient (Wildman–Crippen LogP) is 3.77. The van der Waals surface area contributed by atoms with Gasteiger partial charge in [0.15, 0.2) is 5.65 Å². The van der Waals surface area contributed by atoms with Crippen LogP contribution >= 0.6 is 0 Å². The molecule has 30 heavy (non-hydrogen) atoms. The third-order valence-electron chi connectivity index (χ3n) is 5.89. The molecule has 154 valence electrons. The van der Waals surface area contributed by atoms with Crippen molar-refractivity contribution in [2.75, 3.05) is 0 Å². The maximum atomic E-state index is 13.2. The molecule has 1 N–H and O–H groups in total. The zero-order chi connectivity index (χ0) is 20.7. The molecule has 4 aromatic rings. The Morgan fingerprint density at radius 2 is 2.00 bits per heavy atom. The fraction of sp³-hybridized carbons (Fsp3) is 0.391. The second-order valence-corrected chi connectivity index (χ2v) is 7.92. The van der Waals surface area contributed by atoms with Gasteiger partial charge in [0.25, 0.3) is 5.91 Å². The lowest BCUT2D eigenvalue weighted by atomic mass is 10.2. The monoisotopic (exact) mass is 402 g/mol. The van der Waals surface area contributed by atoms with E-state index in [1.54, 1.807) is 0 Å². The van der Waals surface area contributed by atoms with E-state index in [1.807, 2.05) is 31.2 Å². The van der Waals surface area contributed by atoms with Crippen LogP contribution in [0.2, 0.25) is 0 Å². The average Bonchev–Trinajstić information content (AvgIpc) is 3.19. The fourth-order valence-electron chi connectivity index (χ4n) is 4.46. The lowest BCUT2D eigenvalue weighted by molar-refractivity contribution is 0.0951. The van der Waals surface area contributed by atoms with E-state index >= 15 is 0 Å². The second kappa shape index (κ2) is 7.55. The smallest absolute Gasteiger partial charge is 0.254 e. The van der Waals surface area contributed by atoms with Crippen molar-refractivity contribution in [3.8, 4) is 0 Å². The highest BCUT2D eigenvalue weighted by atomic mass is 16.1. The van der Waals surface area contributed by atoms with Crippen LogP contribution < -0.4 is 5.32 Å². The van der Waals surface area contributed by atoms with Crippen LogP contribution in [0.15, 0.2) is 30.3 Å². The van der Waals surface area contributed by atoms with Crippen molar-refractivity contribution in [3.05, 3.63) is 53.2 Å². The van der Waals surface area contributed by atoms with E-state index in [4.69, 9.17) is 15.0 Å². The molecule has 0 saturated heterocycles. The number of hydrogen-bond donors (Lipinski definition) is 1. The van der Waals surface area contributed by atoms with Crippen molar-refractivity contribution in [2.24, 2.45) is 0 Å². The largest absolute Gasteiger partial charge is 0.345 e. The lowest BCUT2D eigenvalue weighted by Gasteiger charge is -2.09. The van der Waals surface area contributed by atoms with E-state index in [2.05, 4.69) is 27.4 Å². The topological polar surface area (TPSA) is 77.6 Å². The van der Waals surface area contributed by atoms with Crippen molar-refractivity contribution in [1.29, 1.82) is 0 Å². The van der Waals surface area contributed by atoms with Crippen LogP contribution in [0.4, 0.5) is 0 Å². The van der Waals surface area contributed by atoms with Gasteiger partial charge in [-0.1, -0.05) is 18.6 Å². The summed E-state index contributed by atoms with van der Waals surface area (Å²) < 4.78 is 4.34. The van der Waals surface area contributed by atoms with E-state index in [-0.39, 0.29) is 5.91 Å². The lowest BCUT2D eigenvalue weighted by Crippen LogP contribution is -2.25. The Kier molecular flexibility index (Phi) is 4.73. The maximum absolute atomic E-state index is 13.2. The number of aromatic nitrogens is 5. The number of nitrogens with one attached hydrogen (secondary N) is 1. The minimum Gasteiger partial charge on any atom is -0.345 e. The number of carbonyl (C=O) groups excluding carboxylic acids is 1. The van der Waals surface area contributed by atoms with Gasteiger partial charge in [-0.05, 0) is 44.9 Å². The van der Waals surface area contributed by atoms with Gasteiger partial charge in [-0.3, -0.25) is 4.79 Å². The molecular formula is C23H26N6O. The minimum atomic E-state index is -0.131. The molecular weight excluding hydrogens is 376 g/mol. The summed E-state index contributed by atoms with van der Waals surface area (Å²) in [5.74, 6) is 1.77. The van der Waals surface area contributed by atoms with Crippen molar-refractivity contribution in [2.45, 2.75) is 59.2 Å². The van der Waals surface area contributed by atoms with Crippen molar-refractivity contribution < 1.29 is 4.79 Å². The number of para-hydroxylation sites is 2. The Labute approximate surface area is 175 Å². The summed E-state index contributed by atoms with van der Waals surface area (Å²) in [5, 5.41) is 3.06. The predicted molar refractivity (Wildman–Crippen MR) is 116 cm³/mol. The number of imidazole rings is 2. The number of carbonyl (C=O) groups is 1. The summed E-state index contributed by atoms with van der Waals surface area (Å²) in [5.41, 5.74) is 5.00. The van der Waals surface area contributed by atoms with Gasteiger partial charge in [0.2, 0.25) is 0 Å². The molecule has 0 aliphatic carbocycles. The SMILES string of the molecule is CCn1c(CNC(=O)c2cc(C)nc3c2nc2n3CCCCC2)nc2ccccc21. The van der Waals surface area contributed by atoms with Gasteiger partial charge in [-0.25, -0.2) is 15.0 Å². The highest BCUT2D eigenvalue weighted by Crippen LogP contribution is 2.24. The van der Waals surface area contributed by atoms with Crippen LogP contribution in [0.5, 0.6) is 0 Å². The molecule has 7 heteroatoms. The highest BCUT2D eigenvalue weighted by molar-refractivity contribution is 6.04. The minimum absolute atomic E-state index is 0.131. The van der Waals surface area contributed by atoms with Crippen LogP contribution in [-0.4, -0.2) is 30.0 Å². The van der Waals surface area contributed by atoms with Crippen LogP contribution in [0.25, 0.3) is 22.2 Å². The standard InChI is InChI=1S/C23H26N6O/c1-3-28-18-10-7-6-9-17(18)26-20(28)14-24-23(30)16-13-15(2)25-22-21(16)27-19-11-5-4-8-12-29(19)22/h6-7,9-10,13H,3-5,8,11-12,14H2,1-2H3,(H,24,30). The molecule has 1 aliphatic heterocycles. The average molecular weight is 403 g/mol. The molecule has 7 nitrogen and oxygen atoms in total. The number of rotatable bonds is 4. The Balaban J connectivity index is 1.47. The third-order valence-corrected chi connectivity index (χ3v) is 5.89. The first-order chi connectivity index (χ1) is 14.7. The molecule has 0 spiro atoms. The van der Waals surface area contributed by atoms with Gasteiger partial charge in [-0.2, -0.15) is 0 Å². The zero-order valence-electron chi connectivity index (χ0n) is 17.5. The van der Waals surface area contributed by atoms with Gasteiger partial charge >= 0.3 is 0 Å². The summed E-state index contributed by atoms with van der Waals surface area (Å²) in [7, 11) is 0. The molecule has 0 radical (unpaired) electrons. The number of benzene rings is 1. The molecule has 1 amide bonds. The molecule has 0 saturated carbocycles. The number of nitrogens with zero attached hydrogens (tertiary/aromatic N) is 5. The Morgan fingerprint density at radius 1 is 1.13 bits per heavy atom. The second-order valence-electron chi connectivity index (χ2n) is 7.92. The number of pyridine rings is 1. The van der Waals surface area contributed by atoms with E-state index in [0.29, 0.717) is 17.6 Å². The molecule has 1 aliphatic rings. The molecule has 0 fully saturated rings. The first-order valence-electron chi connectivity index (χ1n) is 10.7. The van der Waals surface area contributed by atoms with Crippen LogP contribution in [0.3, 0.4) is 0 Å². The first-order valence-corrected chi connectivity index (χ1v) is 10.7. The van der Waals surface area contributed by atoms with Gasteiger partial charge in [0.1, 0.15) is 17.2 Å². The van der Waals surface area contributed by atoms with Crippen molar-refractivity contribution in [1.82, 2.24) is 29.4 Å². The van der Waals surface area contributed by atoms with Gasteiger partial charge in [-0.15, -0.1) is 0 Å². The summed E-state index contributed by atoms with van der Waals surface area (Å²) in [4.78, 5) is 27.4. The van der Waals surface area contributed by atoms with Crippen molar-refractivity contribution in [3.63, 3.8) is 0 Å². The fourth-order valence-corrected chi connectivity index (χ4v) is 4.46.